The average Bonchev–Trinajstić information content (AvgIpc) is 2.81. The summed E-state index contributed by atoms with van der Waals surface area (Å²) in [5.41, 5.74) is 7.06. The van der Waals surface area contributed by atoms with E-state index in [-0.39, 0.29) is 12.4 Å². The molecule has 0 spiro atoms. The number of ether oxygens (including phenoxy) is 1. The quantitative estimate of drug-likeness (QED) is 0.727. The van der Waals surface area contributed by atoms with E-state index in [9.17, 15) is 4.39 Å². The van der Waals surface area contributed by atoms with Crippen molar-refractivity contribution in [1.82, 2.24) is 0 Å². The van der Waals surface area contributed by atoms with E-state index in [4.69, 9.17) is 14.9 Å². The molecular weight excluding hydrogens is 245 g/mol. The predicted molar refractivity (Wildman–Crippen MR) is 71.4 cm³/mol. The van der Waals surface area contributed by atoms with E-state index >= 15 is 0 Å². The van der Waals surface area contributed by atoms with E-state index in [0.29, 0.717) is 22.8 Å². The van der Waals surface area contributed by atoms with E-state index in [1.807, 2.05) is 18.2 Å². The number of rotatable bonds is 3. The minimum absolute atomic E-state index is 0.234. The number of furan rings is 1. The first-order chi connectivity index (χ1) is 9.22. The van der Waals surface area contributed by atoms with Gasteiger partial charge in [0.1, 0.15) is 23.9 Å². The zero-order valence-corrected chi connectivity index (χ0v) is 10.1. The molecule has 3 aromatic rings. The Morgan fingerprint density at radius 2 is 1.95 bits per heavy atom. The first-order valence-electron chi connectivity index (χ1n) is 5.87. The van der Waals surface area contributed by atoms with Crippen LogP contribution < -0.4 is 10.5 Å². The summed E-state index contributed by atoms with van der Waals surface area (Å²) in [5, 5.41) is 0.929. The van der Waals surface area contributed by atoms with Crippen LogP contribution >= 0.6 is 0 Å². The van der Waals surface area contributed by atoms with Crippen molar-refractivity contribution in [3.63, 3.8) is 0 Å². The van der Waals surface area contributed by atoms with Crippen molar-refractivity contribution in [3.8, 4) is 5.75 Å². The lowest BCUT2D eigenvalue weighted by Gasteiger charge is -2.03. The van der Waals surface area contributed by atoms with Gasteiger partial charge >= 0.3 is 0 Å². The maximum absolute atomic E-state index is 13.0. The molecule has 0 radical (unpaired) electrons. The van der Waals surface area contributed by atoms with Gasteiger partial charge in [-0.25, -0.2) is 4.39 Å². The highest BCUT2D eigenvalue weighted by Crippen LogP contribution is 2.25. The Hall–Kier alpha value is -2.49. The second-order valence-corrected chi connectivity index (χ2v) is 4.22. The summed E-state index contributed by atoms with van der Waals surface area (Å²) in [6.07, 6.45) is 0. The van der Waals surface area contributed by atoms with Crippen molar-refractivity contribution in [2.45, 2.75) is 6.61 Å². The number of hydrogen-bond donors (Lipinski definition) is 1. The number of benzene rings is 2. The lowest BCUT2D eigenvalue weighted by Crippen LogP contribution is -1.93. The maximum Gasteiger partial charge on any atom is 0.157 e. The van der Waals surface area contributed by atoms with Gasteiger partial charge in [-0.05, 0) is 24.3 Å². The second kappa shape index (κ2) is 4.65. The van der Waals surface area contributed by atoms with Gasteiger partial charge in [0.25, 0.3) is 0 Å². The molecule has 2 N–H and O–H groups in total. The molecule has 4 heteroatoms. The van der Waals surface area contributed by atoms with Crippen molar-refractivity contribution in [2.75, 3.05) is 5.73 Å². The molecule has 1 aromatic heterocycles. The van der Waals surface area contributed by atoms with Gasteiger partial charge in [0, 0.05) is 11.5 Å². The normalized spacial score (nSPS) is 10.8. The van der Waals surface area contributed by atoms with Gasteiger partial charge in [-0.3, -0.25) is 0 Å². The fourth-order valence-electron chi connectivity index (χ4n) is 1.92. The Kier molecular flexibility index (Phi) is 2.83. The van der Waals surface area contributed by atoms with Crippen molar-refractivity contribution in [3.05, 3.63) is 60.1 Å². The SMILES string of the molecule is Nc1cccc2cc(COc3cccc(F)c3)oc12. The third-order valence-corrected chi connectivity index (χ3v) is 2.80. The number of halogens is 1. The summed E-state index contributed by atoms with van der Waals surface area (Å²) in [6, 6.07) is 13.4. The topological polar surface area (TPSA) is 48.4 Å². The van der Waals surface area contributed by atoms with Crippen LogP contribution in [0.1, 0.15) is 5.76 Å². The number of hydrogen-bond acceptors (Lipinski definition) is 3. The Balaban J connectivity index is 1.80. The van der Waals surface area contributed by atoms with Crippen molar-refractivity contribution in [1.29, 1.82) is 0 Å². The number of nitrogens with two attached hydrogens (primary N) is 1. The van der Waals surface area contributed by atoms with Gasteiger partial charge in [-0.1, -0.05) is 18.2 Å². The summed E-state index contributed by atoms with van der Waals surface area (Å²) in [6.45, 7) is 0.234. The van der Waals surface area contributed by atoms with Crippen molar-refractivity contribution < 1.29 is 13.5 Å². The Morgan fingerprint density at radius 1 is 1.11 bits per heavy atom. The third kappa shape index (κ3) is 2.38. The number of fused-ring (bicyclic) bond motifs is 1. The monoisotopic (exact) mass is 257 g/mol. The zero-order chi connectivity index (χ0) is 13.2. The molecule has 1 heterocycles. The van der Waals surface area contributed by atoms with Crippen LogP contribution in [0, 0.1) is 5.82 Å². The molecule has 0 saturated heterocycles. The minimum atomic E-state index is -0.327. The Morgan fingerprint density at radius 3 is 2.74 bits per heavy atom. The van der Waals surface area contributed by atoms with Gasteiger partial charge in [-0.15, -0.1) is 0 Å². The molecule has 3 rings (SSSR count). The molecule has 0 aliphatic heterocycles. The molecule has 0 amide bonds. The molecule has 2 aromatic carbocycles. The molecule has 0 atom stereocenters. The fraction of sp³-hybridized carbons (Fsp3) is 0.0667. The first kappa shape index (κ1) is 11.6. The lowest BCUT2D eigenvalue weighted by molar-refractivity contribution is 0.273. The van der Waals surface area contributed by atoms with Crippen molar-refractivity contribution >= 4 is 16.7 Å². The molecular formula is C15H12FNO2. The highest BCUT2D eigenvalue weighted by molar-refractivity contribution is 5.88. The van der Waals surface area contributed by atoms with Crippen LogP contribution in [-0.2, 0) is 6.61 Å². The molecule has 0 aliphatic carbocycles. The van der Waals surface area contributed by atoms with Crippen LogP contribution in [0.15, 0.2) is 52.9 Å². The van der Waals surface area contributed by atoms with Crippen LogP contribution in [0.25, 0.3) is 11.0 Å². The van der Waals surface area contributed by atoms with Crippen molar-refractivity contribution in [2.24, 2.45) is 0 Å². The van der Waals surface area contributed by atoms with Gasteiger partial charge < -0.3 is 14.9 Å². The lowest BCUT2D eigenvalue weighted by atomic mass is 10.2. The molecule has 0 unspecified atom stereocenters. The predicted octanol–water partition coefficient (Wildman–Crippen LogP) is 3.73. The van der Waals surface area contributed by atoms with E-state index in [2.05, 4.69) is 0 Å². The number of nitrogen functional groups attached to an aromatic ring is 1. The number of para-hydroxylation sites is 1. The van der Waals surface area contributed by atoms with Crippen LogP contribution in [0.2, 0.25) is 0 Å². The molecule has 0 fully saturated rings. The van der Waals surface area contributed by atoms with Gasteiger partial charge in [0.2, 0.25) is 0 Å². The third-order valence-electron chi connectivity index (χ3n) is 2.80. The smallest absolute Gasteiger partial charge is 0.157 e. The molecule has 19 heavy (non-hydrogen) atoms. The summed E-state index contributed by atoms with van der Waals surface area (Å²) in [4.78, 5) is 0. The molecule has 0 aliphatic rings. The van der Waals surface area contributed by atoms with E-state index in [1.54, 1.807) is 18.2 Å². The minimum Gasteiger partial charge on any atom is -0.486 e. The Bertz CT molecular complexity index is 721. The summed E-state index contributed by atoms with van der Waals surface area (Å²) in [7, 11) is 0. The molecule has 3 nitrogen and oxygen atoms in total. The van der Waals surface area contributed by atoms with Crippen LogP contribution in [0.5, 0.6) is 5.75 Å². The van der Waals surface area contributed by atoms with Crippen LogP contribution in [0.3, 0.4) is 0 Å². The van der Waals surface area contributed by atoms with Gasteiger partial charge in [-0.2, -0.15) is 0 Å². The highest BCUT2D eigenvalue weighted by Gasteiger charge is 2.07. The first-order valence-corrected chi connectivity index (χ1v) is 5.87. The molecule has 0 saturated carbocycles. The summed E-state index contributed by atoms with van der Waals surface area (Å²) < 4.78 is 24.1. The van der Waals surface area contributed by atoms with E-state index in [0.717, 1.165) is 5.39 Å². The standard InChI is InChI=1S/C15H12FNO2/c16-11-4-2-5-12(8-11)18-9-13-7-10-3-1-6-14(17)15(10)19-13/h1-8H,9,17H2. The maximum atomic E-state index is 13.0. The van der Waals surface area contributed by atoms with Crippen LogP contribution in [0.4, 0.5) is 10.1 Å². The number of anilines is 1. The Labute approximate surface area is 109 Å². The molecule has 0 bridgehead atoms. The van der Waals surface area contributed by atoms with E-state index in [1.165, 1.54) is 12.1 Å². The highest BCUT2D eigenvalue weighted by atomic mass is 19.1. The van der Waals surface area contributed by atoms with Gasteiger partial charge in [0.15, 0.2) is 5.58 Å². The average molecular weight is 257 g/mol. The second-order valence-electron chi connectivity index (χ2n) is 4.22. The largest absolute Gasteiger partial charge is 0.486 e. The zero-order valence-electron chi connectivity index (χ0n) is 10.1. The van der Waals surface area contributed by atoms with E-state index < -0.39 is 0 Å². The summed E-state index contributed by atoms with van der Waals surface area (Å²) in [5.74, 6) is 0.789. The fourth-order valence-corrected chi connectivity index (χ4v) is 1.92. The van der Waals surface area contributed by atoms with Gasteiger partial charge in [0.05, 0.1) is 5.69 Å². The summed E-state index contributed by atoms with van der Waals surface area (Å²) >= 11 is 0. The molecule has 96 valence electrons. The van der Waals surface area contributed by atoms with Crippen LogP contribution in [-0.4, -0.2) is 0 Å².